The van der Waals surface area contributed by atoms with E-state index in [-0.39, 0.29) is 46.9 Å². The minimum absolute atomic E-state index is 0. The molecule has 0 saturated carbocycles. The Morgan fingerprint density at radius 1 is 1.15 bits per heavy atom. The fourth-order valence-electron chi connectivity index (χ4n) is 0.728. The molecule has 6 heteroatoms. The maximum Gasteiger partial charge on any atom is 1.00 e. The van der Waals surface area contributed by atoms with E-state index in [2.05, 4.69) is 0 Å². The molecule has 1 rings (SSSR count). The SMILES string of the molecule is Cc1ccc(S(N)(=O)=O)cc1.[Cl-].[Na+]. The molecule has 1 aromatic carbocycles. The van der Waals surface area contributed by atoms with Crippen molar-refractivity contribution in [3.8, 4) is 0 Å². The van der Waals surface area contributed by atoms with Gasteiger partial charge in [0.25, 0.3) is 0 Å². The second-order valence-corrected chi connectivity index (χ2v) is 3.92. The van der Waals surface area contributed by atoms with E-state index in [1.54, 1.807) is 12.1 Å². The van der Waals surface area contributed by atoms with Crippen LogP contribution in [-0.4, -0.2) is 8.42 Å². The molecule has 0 amide bonds. The van der Waals surface area contributed by atoms with Crippen molar-refractivity contribution in [1.29, 1.82) is 0 Å². The number of hydrogen-bond acceptors (Lipinski definition) is 2. The molecule has 0 bridgehead atoms. The van der Waals surface area contributed by atoms with Gasteiger partial charge in [-0.2, -0.15) is 0 Å². The molecule has 0 unspecified atom stereocenters. The topological polar surface area (TPSA) is 60.2 Å². The van der Waals surface area contributed by atoms with Gasteiger partial charge in [0.15, 0.2) is 0 Å². The molecule has 0 spiro atoms. The smallest absolute Gasteiger partial charge is 1.00 e. The molecule has 0 heterocycles. The second-order valence-electron chi connectivity index (χ2n) is 2.36. The van der Waals surface area contributed by atoms with Crippen LogP contribution in [-0.2, 0) is 10.0 Å². The summed E-state index contributed by atoms with van der Waals surface area (Å²) >= 11 is 0. The number of hydrogen-bond donors (Lipinski definition) is 1. The normalized spacial score (nSPS) is 9.69. The van der Waals surface area contributed by atoms with Crippen LogP contribution in [0.25, 0.3) is 0 Å². The zero-order valence-corrected chi connectivity index (χ0v) is 11.1. The van der Waals surface area contributed by atoms with Crippen LogP contribution in [0.2, 0.25) is 0 Å². The molecule has 0 aromatic heterocycles. The Morgan fingerprint density at radius 2 is 1.54 bits per heavy atom. The molecule has 0 aliphatic rings. The van der Waals surface area contributed by atoms with E-state index < -0.39 is 10.0 Å². The molecule has 2 N–H and O–H groups in total. The Hall–Kier alpha value is 0.420. The van der Waals surface area contributed by atoms with Crippen molar-refractivity contribution < 1.29 is 50.4 Å². The maximum absolute atomic E-state index is 10.7. The third-order valence-corrected chi connectivity index (χ3v) is 2.28. The molecule has 3 nitrogen and oxygen atoms in total. The summed E-state index contributed by atoms with van der Waals surface area (Å²) in [4.78, 5) is 0.156. The minimum Gasteiger partial charge on any atom is -1.00 e. The van der Waals surface area contributed by atoms with Crippen molar-refractivity contribution in [2.24, 2.45) is 5.14 Å². The number of aryl methyl sites for hydroxylation is 1. The van der Waals surface area contributed by atoms with Crippen LogP contribution in [0.1, 0.15) is 5.56 Å². The van der Waals surface area contributed by atoms with Crippen LogP contribution in [0.3, 0.4) is 0 Å². The van der Waals surface area contributed by atoms with Gasteiger partial charge in [0, 0.05) is 0 Å². The average Bonchev–Trinajstić information content (AvgIpc) is 1.86. The van der Waals surface area contributed by atoms with E-state index in [0.29, 0.717) is 0 Å². The second kappa shape index (κ2) is 6.01. The van der Waals surface area contributed by atoms with Gasteiger partial charge in [0.2, 0.25) is 10.0 Å². The van der Waals surface area contributed by atoms with Crippen LogP contribution in [0, 0.1) is 6.92 Å². The van der Waals surface area contributed by atoms with Crippen molar-refractivity contribution in [3.05, 3.63) is 29.8 Å². The van der Waals surface area contributed by atoms with Gasteiger partial charge in [-0.05, 0) is 19.1 Å². The minimum atomic E-state index is -3.52. The Bertz CT molecular complexity index is 349. The van der Waals surface area contributed by atoms with Gasteiger partial charge in [-0.25, -0.2) is 13.6 Å². The van der Waals surface area contributed by atoms with Crippen LogP contribution in [0.4, 0.5) is 0 Å². The number of benzene rings is 1. The van der Waals surface area contributed by atoms with E-state index in [0.717, 1.165) is 5.56 Å². The predicted molar refractivity (Wildman–Crippen MR) is 42.6 cm³/mol. The summed E-state index contributed by atoms with van der Waals surface area (Å²) in [7, 11) is -3.52. The molecule has 1 aromatic rings. The summed E-state index contributed by atoms with van der Waals surface area (Å²) in [6, 6.07) is 6.40. The summed E-state index contributed by atoms with van der Waals surface area (Å²) in [5, 5.41) is 4.88. The van der Waals surface area contributed by atoms with Gasteiger partial charge < -0.3 is 12.4 Å². The van der Waals surface area contributed by atoms with Gasteiger partial charge in [0.1, 0.15) is 0 Å². The molecular formula is C7H9ClNNaO2S. The molecule has 0 aliphatic carbocycles. The monoisotopic (exact) mass is 229 g/mol. The maximum atomic E-state index is 10.7. The first-order valence-corrected chi connectivity index (χ1v) is 4.64. The van der Waals surface area contributed by atoms with E-state index >= 15 is 0 Å². The molecule has 0 aliphatic heterocycles. The summed E-state index contributed by atoms with van der Waals surface area (Å²) in [5.74, 6) is 0. The van der Waals surface area contributed by atoms with Crippen molar-refractivity contribution in [1.82, 2.24) is 0 Å². The molecule has 0 saturated heterocycles. The van der Waals surface area contributed by atoms with Crippen LogP contribution in [0.5, 0.6) is 0 Å². The van der Waals surface area contributed by atoms with E-state index in [1.807, 2.05) is 6.92 Å². The van der Waals surface area contributed by atoms with E-state index in [4.69, 9.17) is 5.14 Å². The Labute approximate surface area is 106 Å². The quantitative estimate of drug-likeness (QED) is 0.489. The number of halogens is 1. The van der Waals surface area contributed by atoms with Crippen molar-refractivity contribution in [2.45, 2.75) is 11.8 Å². The van der Waals surface area contributed by atoms with E-state index in [1.165, 1.54) is 12.1 Å². The molecule has 0 fully saturated rings. The third kappa shape index (κ3) is 5.00. The van der Waals surface area contributed by atoms with Gasteiger partial charge >= 0.3 is 29.6 Å². The average molecular weight is 230 g/mol. The number of sulfonamides is 1. The summed E-state index contributed by atoms with van der Waals surface area (Å²) in [6.07, 6.45) is 0. The van der Waals surface area contributed by atoms with Gasteiger partial charge in [-0.3, -0.25) is 0 Å². The zero-order chi connectivity index (χ0) is 8.48. The Balaban J connectivity index is 0. The third-order valence-electron chi connectivity index (χ3n) is 1.35. The fourth-order valence-corrected chi connectivity index (χ4v) is 1.24. The Kier molecular flexibility index (Phi) is 7.34. The van der Waals surface area contributed by atoms with Crippen molar-refractivity contribution >= 4 is 10.0 Å². The van der Waals surface area contributed by atoms with E-state index in [9.17, 15) is 8.42 Å². The summed E-state index contributed by atoms with van der Waals surface area (Å²) in [5.41, 5.74) is 1.01. The number of nitrogens with two attached hydrogens (primary N) is 1. The number of primary sulfonamides is 1. The van der Waals surface area contributed by atoms with Gasteiger partial charge in [0.05, 0.1) is 4.90 Å². The zero-order valence-electron chi connectivity index (χ0n) is 7.49. The largest absolute Gasteiger partial charge is 1.00 e. The van der Waals surface area contributed by atoms with Crippen LogP contribution >= 0.6 is 0 Å². The standard InChI is InChI=1S/C7H9NO2S.ClH.Na/c1-6-2-4-7(5-3-6)11(8,9)10;;/h2-5H,1H3,(H2,8,9,10);1H;/q;;+1/p-1. The number of rotatable bonds is 1. The van der Waals surface area contributed by atoms with Crippen molar-refractivity contribution in [3.63, 3.8) is 0 Å². The van der Waals surface area contributed by atoms with Crippen LogP contribution < -0.4 is 47.1 Å². The first-order chi connectivity index (χ1) is 5.00. The molecular weight excluding hydrogens is 221 g/mol. The Morgan fingerprint density at radius 3 is 1.85 bits per heavy atom. The van der Waals surface area contributed by atoms with Gasteiger partial charge in [-0.1, -0.05) is 17.7 Å². The van der Waals surface area contributed by atoms with Crippen molar-refractivity contribution in [2.75, 3.05) is 0 Å². The van der Waals surface area contributed by atoms with Gasteiger partial charge in [-0.15, -0.1) is 0 Å². The molecule has 68 valence electrons. The first kappa shape index (κ1) is 15.9. The first-order valence-electron chi connectivity index (χ1n) is 3.09. The molecule has 0 atom stereocenters. The molecule has 13 heavy (non-hydrogen) atoms. The predicted octanol–water partition coefficient (Wildman–Crippen LogP) is -5.35. The molecule has 0 radical (unpaired) electrons. The van der Waals surface area contributed by atoms with Crippen LogP contribution in [0.15, 0.2) is 29.2 Å². The summed E-state index contributed by atoms with van der Waals surface area (Å²) in [6.45, 7) is 1.88. The fraction of sp³-hybridized carbons (Fsp3) is 0.143. The summed E-state index contributed by atoms with van der Waals surface area (Å²) < 4.78 is 21.4.